The summed E-state index contributed by atoms with van der Waals surface area (Å²) in [7, 11) is 0. The summed E-state index contributed by atoms with van der Waals surface area (Å²) < 4.78 is 5.67. The summed E-state index contributed by atoms with van der Waals surface area (Å²) in [6.07, 6.45) is 6.21. The Kier molecular flexibility index (Phi) is 5.86. The van der Waals surface area contributed by atoms with Gasteiger partial charge in [0.1, 0.15) is 5.69 Å². The maximum absolute atomic E-state index is 13.2. The van der Waals surface area contributed by atoms with Gasteiger partial charge in [0.15, 0.2) is 5.13 Å². The second-order valence-electron chi connectivity index (χ2n) is 7.28. The average Bonchev–Trinajstić information content (AvgIpc) is 3.56. The van der Waals surface area contributed by atoms with Crippen molar-refractivity contribution in [2.75, 3.05) is 10.7 Å². The Morgan fingerprint density at radius 1 is 1.13 bits per heavy atom. The van der Waals surface area contributed by atoms with E-state index < -0.39 is 0 Å². The summed E-state index contributed by atoms with van der Waals surface area (Å²) in [5.41, 5.74) is 2.97. The van der Waals surface area contributed by atoms with Gasteiger partial charge in [-0.1, -0.05) is 42.1 Å². The number of carbonyl (C=O) groups is 1. The van der Waals surface area contributed by atoms with E-state index in [9.17, 15) is 4.79 Å². The first-order valence-corrected chi connectivity index (χ1v) is 12.0. The SMILES string of the molecule is O=C(CSc1nnc(-c2ccc[nH]2)o1)N(Cc1ccccc1)c1nc2c(s1)CCCC2. The lowest BCUT2D eigenvalue weighted by Crippen LogP contribution is -2.31. The molecule has 9 heteroatoms. The minimum absolute atomic E-state index is 0.0282. The highest BCUT2D eigenvalue weighted by atomic mass is 32.2. The van der Waals surface area contributed by atoms with Crippen LogP contribution in [0.15, 0.2) is 58.3 Å². The zero-order valence-corrected chi connectivity index (χ0v) is 18.4. The molecule has 3 heterocycles. The van der Waals surface area contributed by atoms with E-state index in [0.717, 1.165) is 34.9 Å². The predicted octanol–water partition coefficient (Wildman–Crippen LogP) is 4.73. The molecule has 0 unspecified atom stereocenters. The molecule has 0 atom stereocenters. The minimum Gasteiger partial charge on any atom is -0.410 e. The van der Waals surface area contributed by atoms with Crippen molar-refractivity contribution in [1.29, 1.82) is 0 Å². The number of carbonyl (C=O) groups excluding carboxylic acids is 1. The number of thiazole rings is 1. The third-order valence-electron chi connectivity index (χ3n) is 5.10. The summed E-state index contributed by atoms with van der Waals surface area (Å²) >= 11 is 2.89. The van der Waals surface area contributed by atoms with E-state index in [1.165, 1.54) is 29.5 Å². The molecule has 0 radical (unpaired) electrons. The van der Waals surface area contributed by atoms with Crippen molar-refractivity contribution in [1.82, 2.24) is 20.2 Å². The molecule has 0 bridgehead atoms. The Morgan fingerprint density at radius 2 is 2.00 bits per heavy atom. The van der Waals surface area contributed by atoms with Gasteiger partial charge in [-0.15, -0.1) is 21.5 Å². The minimum atomic E-state index is -0.0282. The Labute approximate surface area is 187 Å². The molecule has 0 fully saturated rings. The van der Waals surface area contributed by atoms with Crippen molar-refractivity contribution in [2.24, 2.45) is 0 Å². The monoisotopic (exact) mass is 451 g/mol. The summed E-state index contributed by atoms with van der Waals surface area (Å²) in [5.74, 6) is 0.581. The molecule has 0 aliphatic heterocycles. The number of nitrogens with one attached hydrogen (secondary N) is 1. The number of hydrogen-bond acceptors (Lipinski definition) is 7. The lowest BCUT2D eigenvalue weighted by molar-refractivity contribution is -0.116. The predicted molar refractivity (Wildman–Crippen MR) is 121 cm³/mol. The first-order valence-electron chi connectivity index (χ1n) is 10.2. The lowest BCUT2D eigenvalue weighted by atomic mass is 10.0. The average molecular weight is 452 g/mol. The van der Waals surface area contributed by atoms with Crippen LogP contribution in [0.1, 0.15) is 29.0 Å². The van der Waals surface area contributed by atoms with Crippen LogP contribution in [0.25, 0.3) is 11.6 Å². The van der Waals surface area contributed by atoms with Crippen LogP contribution in [-0.2, 0) is 24.2 Å². The summed E-state index contributed by atoms with van der Waals surface area (Å²) in [4.78, 5) is 24.2. The van der Waals surface area contributed by atoms with Crippen LogP contribution < -0.4 is 4.90 Å². The second-order valence-corrected chi connectivity index (χ2v) is 9.27. The van der Waals surface area contributed by atoms with Crippen molar-refractivity contribution in [3.8, 4) is 11.6 Å². The van der Waals surface area contributed by atoms with E-state index >= 15 is 0 Å². The maximum atomic E-state index is 13.2. The molecule has 0 saturated heterocycles. The van der Waals surface area contributed by atoms with Gasteiger partial charge in [-0.3, -0.25) is 9.69 Å². The Hall–Kier alpha value is -2.91. The van der Waals surface area contributed by atoms with E-state index in [2.05, 4.69) is 15.2 Å². The number of thioether (sulfide) groups is 1. The number of aromatic amines is 1. The number of benzene rings is 1. The molecule has 5 rings (SSSR count). The van der Waals surface area contributed by atoms with Crippen LogP contribution in [0.3, 0.4) is 0 Å². The van der Waals surface area contributed by atoms with E-state index in [1.807, 2.05) is 42.5 Å². The number of hydrogen-bond donors (Lipinski definition) is 1. The number of fused-ring (bicyclic) bond motifs is 1. The van der Waals surface area contributed by atoms with Gasteiger partial charge in [0.25, 0.3) is 11.1 Å². The number of aryl methyl sites for hydroxylation is 2. The van der Waals surface area contributed by atoms with Crippen molar-refractivity contribution in [2.45, 2.75) is 37.5 Å². The topological polar surface area (TPSA) is 87.9 Å². The molecule has 158 valence electrons. The van der Waals surface area contributed by atoms with Gasteiger partial charge in [0, 0.05) is 11.1 Å². The van der Waals surface area contributed by atoms with Gasteiger partial charge in [0.2, 0.25) is 5.91 Å². The Morgan fingerprint density at radius 3 is 2.81 bits per heavy atom. The molecule has 7 nitrogen and oxygen atoms in total. The Bertz CT molecular complexity index is 1130. The number of nitrogens with zero attached hydrogens (tertiary/aromatic N) is 4. The highest BCUT2D eigenvalue weighted by Gasteiger charge is 2.24. The molecule has 1 N–H and O–H groups in total. The fraction of sp³-hybridized carbons (Fsp3) is 0.273. The number of anilines is 1. The van der Waals surface area contributed by atoms with Crippen LogP contribution in [0, 0.1) is 0 Å². The summed E-state index contributed by atoms with van der Waals surface area (Å²) in [6.45, 7) is 0.490. The molecule has 1 aromatic carbocycles. The fourth-order valence-electron chi connectivity index (χ4n) is 3.52. The molecule has 3 aromatic heterocycles. The molecule has 1 aliphatic carbocycles. The third kappa shape index (κ3) is 4.57. The first kappa shape index (κ1) is 20.0. The van der Waals surface area contributed by atoms with Gasteiger partial charge in [-0.05, 0) is 43.4 Å². The zero-order chi connectivity index (χ0) is 21.0. The summed E-state index contributed by atoms with van der Waals surface area (Å²) in [6, 6.07) is 13.7. The molecular weight excluding hydrogens is 430 g/mol. The Balaban J connectivity index is 1.33. The van der Waals surface area contributed by atoms with Crippen LogP contribution in [0.4, 0.5) is 5.13 Å². The van der Waals surface area contributed by atoms with Gasteiger partial charge < -0.3 is 9.40 Å². The van der Waals surface area contributed by atoms with Crippen LogP contribution in [-0.4, -0.2) is 31.8 Å². The normalized spacial score (nSPS) is 13.2. The van der Waals surface area contributed by atoms with E-state index in [1.54, 1.807) is 22.4 Å². The number of rotatable bonds is 7. The van der Waals surface area contributed by atoms with E-state index in [-0.39, 0.29) is 11.7 Å². The van der Waals surface area contributed by atoms with Gasteiger partial charge >= 0.3 is 0 Å². The summed E-state index contributed by atoms with van der Waals surface area (Å²) in [5, 5.41) is 9.25. The van der Waals surface area contributed by atoms with Crippen molar-refractivity contribution < 1.29 is 9.21 Å². The number of aromatic nitrogens is 4. The molecule has 0 spiro atoms. The van der Waals surface area contributed by atoms with Crippen molar-refractivity contribution >= 4 is 34.1 Å². The van der Waals surface area contributed by atoms with Crippen LogP contribution in [0.5, 0.6) is 0 Å². The quantitative estimate of drug-likeness (QED) is 0.409. The van der Waals surface area contributed by atoms with Gasteiger partial charge in [0.05, 0.1) is 18.0 Å². The molecule has 31 heavy (non-hydrogen) atoms. The standard InChI is InChI=1S/C22H21N5O2S2/c28-19(14-30-22-26-25-20(29-22)17-10-6-12-23-17)27(13-15-7-2-1-3-8-15)21-24-16-9-4-5-11-18(16)31-21/h1-3,6-8,10,12,23H,4-5,9,11,13-14H2. The van der Waals surface area contributed by atoms with Crippen molar-refractivity contribution in [3.63, 3.8) is 0 Å². The molecular formula is C22H21N5O2S2. The van der Waals surface area contributed by atoms with Gasteiger partial charge in [-0.25, -0.2) is 4.98 Å². The smallest absolute Gasteiger partial charge is 0.277 e. The van der Waals surface area contributed by atoms with Crippen LogP contribution >= 0.6 is 23.1 Å². The largest absolute Gasteiger partial charge is 0.410 e. The molecule has 1 aliphatic rings. The van der Waals surface area contributed by atoms with Crippen molar-refractivity contribution in [3.05, 3.63) is 64.8 Å². The maximum Gasteiger partial charge on any atom is 0.277 e. The lowest BCUT2D eigenvalue weighted by Gasteiger charge is -2.19. The third-order valence-corrected chi connectivity index (χ3v) is 7.09. The highest BCUT2D eigenvalue weighted by molar-refractivity contribution is 7.99. The first-order chi connectivity index (χ1) is 15.3. The number of H-pyrrole nitrogens is 1. The number of amides is 1. The molecule has 0 saturated carbocycles. The van der Waals surface area contributed by atoms with Crippen LogP contribution in [0.2, 0.25) is 0 Å². The fourth-order valence-corrected chi connectivity index (χ4v) is 5.33. The van der Waals surface area contributed by atoms with E-state index in [0.29, 0.717) is 17.7 Å². The highest BCUT2D eigenvalue weighted by Crippen LogP contribution is 2.33. The zero-order valence-electron chi connectivity index (χ0n) is 16.8. The molecule has 4 aromatic rings. The second kappa shape index (κ2) is 9.07. The van der Waals surface area contributed by atoms with Gasteiger partial charge in [-0.2, -0.15) is 0 Å². The molecule has 1 amide bonds. The van der Waals surface area contributed by atoms with E-state index in [4.69, 9.17) is 9.40 Å².